The summed E-state index contributed by atoms with van der Waals surface area (Å²) in [6.45, 7) is 9.55. The minimum absolute atomic E-state index is 0.00693. The first-order chi connectivity index (χ1) is 18.4. The number of aromatic nitrogens is 1. The summed E-state index contributed by atoms with van der Waals surface area (Å²) in [6, 6.07) is 24.2. The first kappa shape index (κ1) is 25.7. The number of carbonyl (C=O) groups excluding carboxylic acids is 2. The Kier molecular flexibility index (Phi) is 7.34. The van der Waals surface area contributed by atoms with Crippen LogP contribution in [0.3, 0.4) is 0 Å². The Labute approximate surface area is 224 Å². The molecule has 6 nitrogen and oxygen atoms in total. The molecule has 0 aliphatic carbocycles. The van der Waals surface area contributed by atoms with Crippen LogP contribution in [0.2, 0.25) is 0 Å². The molecule has 0 spiro atoms. The van der Waals surface area contributed by atoms with Crippen LogP contribution in [0.5, 0.6) is 0 Å². The van der Waals surface area contributed by atoms with Crippen molar-refractivity contribution < 1.29 is 9.59 Å². The molecule has 4 aromatic rings. The third-order valence-electron chi connectivity index (χ3n) is 7.76. The zero-order valence-electron chi connectivity index (χ0n) is 22.7. The number of benzene rings is 3. The lowest BCUT2D eigenvalue weighted by atomic mass is 9.93. The van der Waals surface area contributed by atoms with Crippen molar-refractivity contribution in [2.45, 2.75) is 26.8 Å². The van der Waals surface area contributed by atoms with Gasteiger partial charge in [0.05, 0.1) is 11.7 Å². The molecule has 3 aromatic carbocycles. The lowest BCUT2D eigenvalue weighted by Crippen LogP contribution is -2.42. The summed E-state index contributed by atoms with van der Waals surface area (Å²) in [5, 5.41) is 4.13. The number of likely N-dealkylation sites (N-methyl/N-ethyl adjacent to an activating group) is 1. The fraction of sp³-hybridized carbons (Fsp3) is 0.312. The number of nitrogens with zero attached hydrogens (tertiary/aromatic N) is 3. The number of aryl methyl sites for hydroxylation is 2. The lowest BCUT2D eigenvalue weighted by molar-refractivity contribution is -0.122. The van der Waals surface area contributed by atoms with Crippen molar-refractivity contribution in [3.8, 4) is 11.3 Å². The van der Waals surface area contributed by atoms with E-state index >= 15 is 0 Å². The summed E-state index contributed by atoms with van der Waals surface area (Å²) in [7, 11) is 2.08. The van der Waals surface area contributed by atoms with Gasteiger partial charge in [0.2, 0.25) is 5.91 Å². The van der Waals surface area contributed by atoms with Crippen LogP contribution in [0, 0.1) is 6.92 Å². The quantitative estimate of drug-likeness (QED) is 0.340. The molecule has 196 valence electrons. The van der Waals surface area contributed by atoms with E-state index in [0.29, 0.717) is 12.1 Å². The normalized spacial score (nSPS) is 14.9. The van der Waals surface area contributed by atoms with Gasteiger partial charge in [0.1, 0.15) is 6.54 Å². The predicted octanol–water partition coefficient (Wildman–Crippen LogP) is 5.16. The van der Waals surface area contributed by atoms with Crippen molar-refractivity contribution >= 4 is 22.7 Å². The molecular weight excluding hydrogens is 472 g/mol. The second kappa shape index (κ2) is 10.8. The van der Waals surface area contributed by atoms with Crippen LogP contribution in [0.15, 0.2) is 72.8 Å². The molecule has 1 aromatic heterocycles. The topological polar surface area (TPSA) is 57.6 Å². The zero-order chi connectivity index (χ0) is 26.8. The van der Waals surface area contributed by atoms with Gasteiger partial charge < -0.3 is 19.7 Å². The summed E-state index contributed by atoms with van der Waals surface area (Å²) >= 11 is 0. The average Bonchev–Trinajstić information content (AvgIpc) is 3.37. The van der Waals surface area contributed by atoms with E-state index in [1.165, 1.54) is 5.56 Å². The van der Waals surface area contributed by atoms with Crippen LogP contribution in [-0.4, -0.2) is 58.9 Å². The van der Waals surface area contributed by atoms with Crippen LogP contribution in [-0.2, 0) is 11.8 Å². The fourth-order valence-electron chi connectivity index (χ4n) is 5.71. The van der Waals surface area contributed by atoms with Gasteiger partial charge in [0.25, 0.3) is 5.91 Å². The van der Waals surface area contributed by atoms with E-state index in [4.69, 9.17) is 0 Å². The number of hydrogen-bond donors (Lipinski definition) is 1. The molecule has 1 N–H and O–H groups in total. The van der Waals surface area contributed by atoms with Crippen molar-refractivity contribution in [2.24, 2.45) is 7.05 Å². The van der Waals surface area contributed by atoms with Gasteiger partial charge in [0.15, 0.2) is 0 Å². The second-order valence-electron chi connectivity index (χ2n) is 10.0. The second-order valence-corrected chi connectivity index (χ2v) is 10.0. The van der Waals surface area contributed by atoms with Crippen LogP contribution in [0.1, 0.15) is 46.9 Å². The van der Waals surface area contributed by atoms with E-state index in [1.54, 1.807) is 4.90 Å². The van der Waals surface area contributed by atoms with Gasteiger partial charge in [-0.2, -0.15) is 0 Å². The molecule has 1 atom stereocenters. The van der Waals surface area contributed by atoms with Gasteiger partial charge in [-0.15, -0.1) is 0 Å². The minimum atomic E-state index is -0.366. The number of hydrogen-bond acceptors (Lipinski definition) is 3. The average molecular weight is 509 g/mol. The van der Waals surface area contributed by atoms with Gasteiger partial charge in [-0.1, -0.05) is 80.1 Å². The number of amides is 2. The molecule has 2 heterocycles. The van der Waals surface area contributed by atoms with E-state index < -0.39 is 0 Å². The number of carbonyl (C=O) groups is 2. The Morgan fingerprint density at radius 1 is 0.947 bits per heavy atom. The highest BCUT2D eigenvalue weighted by Gasteiger charge is 2.41. The Morgan fingerprint density at radius 2 is 1.63 bits per heavy atom. The summed E-state index contributed by atoms with van der Waals surface area (Å²) < 4.78 is 2.21. The van der Waals surface area contributed by atoms with Gasteiger partial charge >= 0.3 is 0 Å². The van der Waals surface area contributed by atoms with Gasteiger partial charge in [-0.05, 0) is 43.3 Å². The van der Waals surface area contributed by atoms with Gasteiger partial charge in [-0.25, -0.2) is 0 Å². The van der Waals surface area contributed by atoms with E-state index in [0.717, 1.165) is 52.9 Å². The Bertz CT molecular complexity index is 1470. The maximum atomic E-state index is 13.8. The van der Waals surface area contributed by atoms with E-state index in [-0.39, 0.29) is 24.4 Å². The van der Waals surface area contributed by atoms with E-state index in [2.05, 4.69) is 79.0 Å². The number of rotatable bonds is 9. The molecular formula is C32H36N4O2. The molecule has 0 fully saturated rings. The van der Waals surface area contributed by atoms with Gasteiger partial charge in [-0.3, -0.25) is 9.59 Å². The number of fused-ring (bicyclic) bond motifs is 2. The van der Waals surface area contributed by atoms with Crippen LogP contribution in [0.25, 0.3) is 22.2 Å². The third kappa shape index (κ3) is 4.61. The summed E-state index contributed by atoms with van der Waals surface area (Å²) in [5.74, 6) is -0.243. The molecule has 5 rings (SSSR count). The highest BCUT2D eigenvalue weighted by molar-refractivity contribution is 6.03. The largest absolute Gasteiger partial charge is 0.353 e. The first-order valence-corrected chi connectivity index (χ1v) is 13.5. The Balaban J connectivity index is 1.59. The van der Waals surface area contributed by atoms with Crippen LogP contribution < -0.4 is 5.32 Å². The Hall–Kier alpha value is -3.90. The molecule has 0 saturated carbocycles. The molecule has 2 amide bonds. The molecule has 38 heavy (non-hydrogen) atoms. The van der Waals surface area contributed by atoms with Crippen molar-refractivity contribution in [1.29, 1.82) is 0 Å². The molecule has 0 saturated heterocycles. The zero-order valence-corrected chi connectivity index (χ0v) is 22.7. The maximum Gasteiger partial charge on any atom is 0.255 e. The molecule has 6 heteroatoms. The molecule has 1 aliphatic heterocycles. The van der Waals surface area contributed by atoms with Gasteiger partial charge in [0, 0.05) is 42.2 Å². The number of nitrogens with one attached hydrogen (secondary N) is 1. The Morgan fingerprint density at radius 3 is 2.37 bits per heavy atom. The third-order valence-corrected chi connectivity index (χ3v) is 7.76. The minimum Gasteiger partial charge on any atom is -0.353 e. The highest BCUT2D eigenvalue weighted by atomic mass is 16.2. The maximum absolute atomic E-state index is 13.8. The molecule has 0 bridgehead atoms. The number of para-hydroxylation sites is 1. The predicted molar refractivity (Wildman–Crippen MR) is 153 cm³/mol. The van der Waals surface area contributed by atoms with Crippen molar-refractivity contribution in [3.05, 3.63) is 95.1 Å². The van der Waals surface area contributed by atoms with Crippen molar-refractivity contribution in [2.75, 3.05) is 32.7 Å². The highest BCUT2D eigenvalue weighted by Crippen LogP contribution is 2.46. The standard InChI is InChI=1S/C32H36N4O2/c1-5-35(6-2)20-19-33-28(37)21-36-31(24-11-7-8-12-25(24)32(36)38)29-26-13-9-10-14-27(26)34(4)30(29)23-17-15-22(3)16-18-23/h7-18,31H,5-6,19-21H2,1-4H3,(H,33,37). The smallest absolute Gasteiger partial charge is 0.255 e. The van der Waals surface area contributed by atoms with Crippen LogP contribution >= 0.6 is 0 Å². The summed E-state index contributed by atoms with van der Waals surface area (Å²) in [4.78, 5) is 30.9. The molecule has 1 aliphatic rings. The van der Waals surface area contributed by atoms with Crippen molar-refractivity contribution in [1.82, 2.24) is 19.7 Å². The first-order valence-electron chi connectivity index (χ1n) is 13.5. The van der Waals surface area contributed by atoms with Crippen molar-refractivity contribution in [3.63, 3.8) is 0 Å². The van der Waals surface area contributed by atoms with E-state index in [1.807, 2.05) is 36.4 Å². The summed E-state index contributed by atoms with van der Waals surface area (Å²) in [6.07, 6.45) is 0. The summed E-state index contributed by atoms with van der Waals surface area (Å²) in [5.41, 5.74) is 7.10. The van der Waals surface area contributed by atoms with E-state index in [9.17, 15) is 9.59 Å². The van der Waals surface area contributed by atoms with Crippen LogP contribution in [0.4, 0.5) is 0 Å². The molecule has 1 unspecified atom stereocenters. The SMILES string of the molecule is CCN(CC)CCNC(=O)CN1C(=O)c2ccccc2C1c1c(-c2ccc(C)cc2)n(C)c2ccccc12. The monoisotopic (exact) mass is 508 g/mol. The fourth-order valence-corrected chi connectivity index (χ4v) is 5.71. The lowest BCUT2D eigenvalue weighted by Gasteiger charge is -2.27. The molecule has 0 radical (unpaired) electrons.